The maximum atomic E-state index is 6.11. The average Bonchev–Trinajstić information content (AvgIpc) is 2.49. The molecule has 2 saturated heterocycles. The molecule has 2 aliphatic heterocycles. The van der Waals surface area contributed by atoms with Gasteiger partial charge in [0.2, 0.25) is 0 Å². The fourth-order valence-electron chi connectivity index (χ4n) is 3.38. The van der Waals surface area contributed by atoms with Crippen molar-refractivity contribution in [2.45, 2.75) is 37.7 Å². The second-order valence-electron chi connectivity index (χ2n) is 5.97. The predicted molar refractivity (Wildman–Crippen MR) is 77.9 cm³/mol. The van der Waals surface area contributed by atoms with E-state index in [0.717, 1.165) is 57.2 Å². The monoisotopic (exact) mass is 276 g/mol. The third kappa shape index (κ3) is 3.49. The molecular weight excluding hydrogens is 252 g/mol. The van der Waals surface area contributed by atoms with Crippen molar-refractivity contribution >= 4 is 0 Å². The lowest BCUT2D eigenvalue weighted by molar-refractivity contribution is -0.115. The molecule has 110 valence electrons. The SMILES string of the molecule is c1cncc(OCC[C@H]2CCOC3(CCNCC3)C2)c1. The van der Waals surface area contributed by atoms with Gasteiger partial charge in [-0.15, -0.1) is 0 Å². The Kier molecular flexibility index (Phi) is 4.53. The largest absolute Gasteiger partial charge is 0.492 e. The van der Waals surface area contributed by atoms with Crippen LogP contribution in [0.5, 0.6) is 5.75 Å². The molecule has 1 spiro atoms. The van der Waals surface area contributed by atoms with Gasteiger partial charge in [-0.25, -0.2) is 0 Å². The van der Waals surface area contributed by atoms with E-state index in [1.165, 1.54) is 12.8 Å². The van der Waals surface area contributed by atoms with Crippen molar-refractivity contribution in [3.05, 3.63) is 24.5 Å². The zero-order valence-electron chi connectivity index (χ0n) is 12.0. The molecule has 0 aliphatic carbocycles. The first-order chi connectivity index (χ1) is 9.86. The molecule has 2 fully saturated rings. The highest BCUT2D eigenvalue weighted by Gasteiger charge is 2.38. The summed E-state index contributed by atoms with van der Waals surface area (Å²) in [6, 6.07) is 3.87. The molecule has 0 aromatic carbocycles. The molecule has 1 atom stereocenters. The van der Waals surface area contributed by atoms with E-state index in [1.54, 1.807) is 12.4 Å². The third-order valence-electron chi connectivity index (χ3n) is 4.54. The number of nitrogens with zero attached hydrogens (tertiary/aromatic N) is 1. The van der Waals surface area contributed by atoms with Gasteiger partial charge >= 0.3 is 0 Å². The van der Waals surface area contributed by atoms with Crippen LogP contribution in [0.3, 0.4) is 0 Å². The summed E-state index contributed by atoms with van der Waals surface area (Å²) in [5, 5.41) is 3.42. The van der Waals surface area contributed by atoms with E-state index in [1.807, 2.05) is 12.1 Å². The van der Waals surface area contributed by atoms with Gasteiger partial charge < -0.3 is 14.8 Å². The van der Waals surface area contributed by atoms with E-state index in [4.69, 9.17) is 9.47 Å². The number of aromatic nitrogens is 1. The van der Waals surface area contributed by atoms with Gasteiger partial charge in [0.1, 0.15) is 5.75 Å². The van der Waals surface area contributed by atoms with Crippen LogP contribution < -0.4 is 10.1 Å². The molecule has 1 aromatic heterocycles. The Hall–Kier alpha value is -1.13. The van der Waals surface area contributed by atoms with Crippen molar-refractivity contribution in [3.8, 4) is 5.75 Å². The minimum Gasteiger partial charge on any atom is -0.492 e. The molecule has 4 nitrogen and oxygen atoms in total. The summed E-state index contributed by atoms with van der Waals surface area (Å²) in [7, 11) is 0. The van der Waals surface area contributed by atoms with Gasteiger partial charge in [0.15, 0.2) is 0 Å². The molecule has 1 aromatic rings. The van der Waals surface area contributed by atoms with Crippen molar-refractivity contribution in [1.29, 1.82) is 0 Å². The van der Waals surface area contributed by atoms with Crippen LogP contribution in [0, 0.1) is 5.92 Å². The van der Waals surface area contributed by atoms with Gasteiger partial charge in [0.25, 0.3) is 0 Å². The van der Waals surface area contributed by atoms with Gasteiger partial charge in [-0.1, -0.05) is 0 Å². The van der Waals surface area contributed by atoms with E-state index < -0.39 is 0 Å². The molecule has 20 heavy (non-hydrogen) atoms. The van der Waals surface area contributed by atoms with Crippen molar-refractivity contribution in [1.82, 2.24) is 10.3 Å². The van der Waals surface area contributed by atoms with Crippen LogP contribution >= 0.6 is 0 Å². The summed E-state index contributed by atoms with van der Waals surface area (Å²) in [4.78, 5) is 4.07. The summed E-state index contributed by atoms with van der Waals surface area (Å²) in [5.74, 6) is 1.61. The summed E-state index contributed by atoms with van der Waals surface area (Å²) >= 11 is 0. The van der Waals surface area contributed by atoms with Crippen LogP contribution in [0.2, 0.25) is 0 Å². The maximum absolute atomic E-state index is 6.11. The third-order valence-corrected chi connectivity index (χ3v) is 4.54. The van der Waals surface area contributed by atoms with Crippen molar-refractivity contribution in [3.63, 3.8) is 0 Å². The molecule has 3 rings (SSSR count). The van der Waals surface area contributed by atoms with E-state index in [0.29, 0.717) is 0 Å². The lowest BCUT2D eigenvalue weighted by Gasteiger charge is -2.43. The van der Waals surface area contributed by atoms with Crippen molar-refractivity contribution in [2.24, 2.45) is 5.92 Å². The van der Waals surface area contributed by atoms with Crippen LogP contribution in [-0.4, -0.2) is 36.9 Å². The number of ether oxygens (including phenoxy) is 2. The quantitative estimate of drug-likeness (QED) is 0.917. The van der Waals surface area contributed by atoms with E-state index in [-0.39, 0.29) is 5.60 Å². The van der Waals surface area contributed by atoms with Crippen LogP contribution in [-0.2, 0) is 4.74 Å². The van der Waals surface area contributed by atoms with Gasteiger partial charge in [-0.05, 0) is 63.2 Å². The lowest BCUT2D eigenvalue weighted by Crippen LogP contribution is -2.48. The Morgan fingerprint density at radius 2 is 2.30 bits per heavy atom. The first kappa shape index (κ1) is 13.8. The molecule has 0 amide bonds. The highest BCUT2D eigenvalue weighted by atomic mass is 16.5. The topological polar surface area (TPSA) is 43.4 Å². The minimum atomic E-state index is 0.155. The Morgan fingerprint density at radius 1 is 1.40 bits per heavy atom. The number of nitrogens with one attached hydrogen (secondary N) is 1. The van der Waals surface area contributed by atoms with Crippen molar-refractivity contribution in [2.75, 3.05) is 26.3 Å². The average molecular weight is 276 g/mol. The Morgan fingerprint density at radius 3 is 3.10 bits per heavy atom. The fraction of sp³-hybridized carbons (Fsp3) is 0.688. The maximum Gasteiger partial charge on any atom is 0.137 e. The second-order valence-corrected chi connectivity index (χ2v) is 5.97. The van der Waals surface area contributed by atoms with Crippen molar-refractivity contribution < 1.29 is 9.47 Å². The number of hydrogen-bond donors (Lipinski definition) is 1. The summed E-state index contributed by atoms with van der Waals surface area (Å²) in [6.07, 6.45) is 9.36. The second kappa shape index (κ2) is 6.55. The van der Waals surface area contributed by atoms with Crippen LogP contribution in [0.4, 0.5) is 0 Å². The predicted octanol–water partition coefficient (Wildman–Crippen LogP) is 2.40. The van der Waals surface area contributed by atoms with E-state index in [2.05, 4.69) is 10.3 Å². The van der Waals surface area contributed by atoms with Crippen LogP contribution in [0.1, 0.15) is 32.1 Å². The van der Waals surface area contributed by atoms with Gasteiger partial charge in [-0.3, -0.25) is 4.98 Å². The number of piperidine rings is 1. The van der Waals surface area contributed by atoms with E-state index >= 15 is 0 Å². The molecule has 2 aliphatic rings. The number of pyridine rings is 1. The number of hydrogen-bond acceptors (Lipinski definition) is 4. The normalized spacial score (nSPS) is 25.5. The molecule has 0 radical (unpaired) electrons. The smallest absolute Gasteiger partial charge is 0.137 e. The fourth-order valence-corrected chi connectivity index (χ4v) is 3.38. The molecule has 0 unspecified atom stereocenters. The highest BCUT2D eigenvalue weighted by Crippen LogP contribution is 2.37. The first-order valence-corrected chi connectivity index (χ1v) is 7.74. The lowest BCUT2D eigenvalue weighted by atomic mass is 9.79. The van der Waals surface area contributed by atoms with Gasteiger partial charge in [0, 0.05) is 12.8 Å². The molecule has 0 bridgehead atoms. The molecule has 1 N–H and O–H groups in total. The Bertz CT molecular complexity index is 399. The van der Waals surface area contributed by atoms with Gasteiger partial charge in [-0.2, -0.15) is 0 Å². The van der Waals surface area contributed by atoms with Crippen LogP contribution in [0.25, 0.3) is 0 Å². The highest BCUT2D eigenvalue weighted by molar-refractivity contribution is 5.15. The van der Waals surface area contributed by atoms with E-state index in [9.17, 15) is 0 Å². The zero-order chi connectivity index (χ0) is 13.7. The van der Waals surface area contributed by atoms with Crippen LogP contribution in [0.15, 0.2) is 24.5 Å². The summed E-state index contributed by atoms with van der Waals surface area (Å²) < 4.78 is 11.9. The Labute approximate surface area is 120 Å². The first-order valence-electron chi connectivity index (χ1n) is 7.74. The standard InChI is InChI=1S/C16H24N2O2/c1-2-15(13-18-7-1)19-10-3-14-4-11-20-16(12-14)5-8-17-9-6-16/h1-2,7,13-14,17H,3-6,8-12H2/t14-/m0/s1. The Balaban J connectivity index is 1.45. The molecular formula is C16H24N2O2. The molecule has 3 heterocycles. The number of rotatable bonds is 4. The summed E-state index contributed by atoms with van der Waals surface area (Å²) in [6.45, 7) is 3.89. The van der Waals surface area contributed by atoms with Gasteiger partial charge in [0.05, 0.1) is 18.4 Å². The minimum absolute atomic E-state index is 0.155. The zero-order valence-corrected chi connectivity index (χ0v) is 12.0. The molecule has 4 heteroatoms. The molecule has 0 saturated carbocycles. The summed E-state index contributed by atoms with van der Waals surface area (Å²) in [5.41, 5.74) is 0.155.